The molecule has 3 fully saturated rings. The molecule has 2 amide bonds. The Morgan fingerprint density at radius 2 is 1.74 bits per heavy atom. The van der Waals surface area contributed by atoms with Crippen molar-refractivity contribution in [3.8, 4) is 0 Å². The lowest BCUT2D eigenvalue weighted by Gasteiger charge is -2.52. The molecule has 1 saturated carbocycles. The summed E-state index contributed by atoms with van der Waals surface area (Å²) in [4.78, 5) is 27.7. The number of nitrogens with zero attached hydrogens (tertiary/aromatic N) is 1. The number of benzene rings is 2. The molecule has 0 unspecified atom stereocenters. The average molecular weight is 420 g/mol. The second-order valence-electron chi connectivity index (χ2n) is 9.16. The summed E-state index contributed by atoms with van der Waals surface area (Å²) in [6.07, 6.45) is 2.06. The number of amides is 2. The van der Waals surface area contributed by atoms with Gasteiger partial charge in [-0.3, -0.25) is 14.5 Å². The van der Waals surface area contributed by atoms with E-state index in [1.54, 1.807) is 0 Å². The molecule has 5 rings (SSSR count). The van der Waals surface area contributed by atoms with E-state index in [4.69, 9.17) is 0 Å². The molecule has 3 aliphatic rings. The molecule has 1 aliphatic carbocycles. The Labute approximate surface area is 185 Å². The van der Waals surface area contributed by atoms with E-state index >= 15 is 0 Å². The van der Waals surface area contributed by atoms with E-state index in [0.717, 1.165) is 38.0 Å². The monoisotopic (exact) mass is 419 g/mol. The molecule has 5 nitrogen and oxygen atoms in total. The van der Waals surface area contributed by atoms with Crippen molar-refractivity contribution in [2.24, 2.45) is 17.8 Å². The van der Waals surface area contributed by atoms with Gasteiger partial charge >= 0.3 is 0 Å². The van der Waals surface area contributed by atoms with E-state index in [2.05, 4.69) is 39.8 Å². The van der Waals surface area contributed by atoms with Crippen LogP contribution in [0.5, 0.6) is 0 Å². The highest BCUT2D eigenvalue weighted by Crippen LogP contribution is 2.45. The molecule has 2 aromatic rings. The predicted octanol–water partition coefficient (Wildman–Crippen LogP) is 3.60. The van der Waals surface area contributed by atoms with Crippen LogP contribution < -0.4 is 10.6 Å². The van der Waals surface area contributed by atoms with Crippen LogP contribution in [0.1, 0.15) is 48.2 Å². The molecule has 2 bridgehead atoms. The second kappa shape index (κ2) is 9.65. The highest BCUT2D eigenvalue weighted by molar-refractivity contribution is 5.94. The fraction of sp³-hybridized carbons (Fsp3) is 0.462. The number of rotatable bonds is 8. The first-order valence-electron chi connectivity index (χ1n) is 11.5. The Morgan fingerprint density at radius 3 is 2.45 bits per heavy atom. The van der Waals surface area contributed by atoms with Gasteiger partial charge in [0.1, 0.15) is 0 Å². The summed E-state index contributed by atoms with van der Waals surface area (Å²) in [6.45, 7) is 7.47. The van der Waals surface area contributed by atoms with E-state index in [9.17, 15) is 9.59 Å². The SMILES string of the molecule is CC[C@@H](C)NC(=O)c1cccc(CNC(=O)C2[C@H]3C[C@H]2CN(Cc2ccccc2)C3)c1. The van der Waals surface area contributed by atoms with E-state index < -0.39 is 0 Å². The Kier molecular flexibility index (Phi) is 6.71. The Bertz CT molecular complexity index is 902. The van der Waals surface area contributed by atoms with E-state index in [1.165, 1.54) is 5.56 Å². The minimum atomic E-state index is -0.0606. The summed E-state index contributed by atoms with van der Waals surface area (Å²) in [5.74, 6) is 1.14. The van der Waals surface area contributed by atoms with E-state index in [1.807, 2.05) is 44.2 Å². The standard InChI is InChI=1S/C26H33N3O2/c1-3-18(2)28-25(30)21-11-7-10-20(12-21)14-27-26(31)24-22-13-23(24)17-29(16-22)15-19-8-5-4-6-9-19/h4-12,18,22-24H,3,13-17H2,1-2H3,(H,27,31)(H,28,30)/t18-,22+,23+/m1/s1. The zero-order chi connectivity index (χ0) is 21.8. The van der Waals surface area contributed by atoms with Crippen molar-refractivity contribution in [2.75, 3.05) is 13.1 Å². The molecule has 2 saturated heterocycles. The zero-order valence-electron chi connectivity index (χ0n) is 18.5. The van der Waals surface area contributed by atoms with Crippen molar-refractivity contribution in [3.05, 3.63) is 71.3 Å². The van der Waals surface area contributed by atoms with Gasteiger partial charge in [-0.15, -0.1) is 0 Å². The molecule has 5 heteroatoms. The van der Waals surface area contributed by atoms with Crippen LogP contribution in [0.4, 0.5) is 0 Å². The van der Waals surface area contributed by atoms with Gasteiger partial charge in [-0.2, -0.15) is 0 Å². The fourth-order valence-electron chi connectivity index (χ4n) is 4.92. The number of hydrogen-bond donors (Lipinski definition) is 2. The summed E-state index contributed by atoms with van der Waals surface area (Å²) in [5, 5.41) is 6.11. The molecule has 164 valence electrons. The van der Waals surface area contributed by atoms with Gasteiger partial charge in [0.25, 0.3) is 5.91 Å². The van der Waals surface area contributed by atoms with Crippen molar-refractivity contribution >= 4 is 11.8 Å². The minimum Gasteiger partial charge on any atom is -0.352 e. The summed E-state index contributed by atoms with van der Waals surface area (Å²) < 4.78 is 0. The van der Waals surface area contributed by atoms with Gasteiger partial charge in [-0.05, 0) is 54.9 Å². The van der Waals surface area contributed by atoms with Crippen molar-refractivity contribution in [1.82, 2.24) is 15.5 Å². The van der Waals surface area contributed by atoms with Gasteiger partial charge in [0.15, 0.2) is 0 Å². The molecule has 3 atom stereocenters. The van der Waals surface area contributed by atoms with Crippen molar-refractivity contribution in [3.63, 3.8) is 0 Å². The van der Waals surface area contributed by atoms with Gasteiger partial charge in [-0.25, -0.2) is 0 Å². The van der Waals surface area contributed by atoms with Crippen LogP contribution in [0, 0.1) is 17.8 Å². The number of carbonyl (C=O) groups excluding carboxylic acids is 2. The van der Waals surface area contributed by atoms with Gasteiger partial charge in [0, 0.05) is 43.7 Å². The first-order valence-corrected chi connectivity index (χ1v) is 11.5. The molecule has 2 aliphatic heterocycles. The molecular weight excluding hydrogens is 386 g/mol. The first-order chi connectivity index (χ1) is 15.0. The summed E-state index contributed by atoms with van der Waals surface area (Å²) in [7, 11) is 0. The normalized spacial score (nSPS) is 23.5. The molecular formula is C26H33N3O2. The maximum absolute atomic E-state index is 12.9. The first kappa shape index (κ1) is 21.6. The molecule has 31 heavy (non-hydrogen) atoms. The smallest absolute Gasteiger partial charge is 0.251 e. The van der Waals surface area contributed by atoms with Crippen LogP contribution in [0.15, 0.2) is 54.6 Å². The largest absolute Gasteiger partial charge is 0.352 e. The van der Waals surface area contributed by atoms with Crippen LogP contribution in [0.25, 0.3) is 0 Å². The number of hydrogen-bond acceptors (Lipinski definition) is 3. The maximum atomic E-state index is 12.9. The topological polar surface area (TPSA) is 61.4 Å². The molecule has 0 radical (unpaired) electrons. The highest BCUT2D eigenvalue weighted by Gasteiger charge is 2.49. The van der Waals surface area contributed by atoms with E-state index in [0.29, 0.717) is 23.9 Å². The fourth-order valence-corrected chi connectivity index (χ4v) is 4.92. The van der Waals surface area contributed by atoms with Crippen molar-refractivity contribution in [1.29, 1.82) is 0 Å². The second-order valence-corrected chi connectivity index (χ2v) is 9.16. The zero-order valence-corrected chi connectivity index (χ0v) is 18.5. The lowest BCUT2D eigenvalue weighted by molar-refractivity contribution is -0.142. The van der Waals surface area contributed by atoms with Crippen molar-refractivity contribution < 1.29 is 9.59 Å². The molecule has 0 aromatic heterocycles. The third-order valence-corrected chi connectivity index (χ3v) is 6.80. The number of fused-ring (bicyclic) bond motifs is 2. The summed E-state index contributed by atoms with van der Waals surface area (Å²) in [6, 6.07) is 18.2. The van der Waals surface area contributed by atoms with Crippen molar-refractivity contribution in [2.45, 2.75) is 45.8 Å². The lowest BCUT2D eigenvalue weighted by atomic mass is 9.61. The summed E-state index contributed by atoms with van der Waals surface area (Å²) >= 11 is 0. The van der Waals surface area contributed by atoms with Crippen LogP contribution in [-0.4, -0.2) is 35.8 Å². The van der Waals surface area contributed by atoms with E-state index in [-0.39, 0.29) is 23.8 Å². The third kappa shape index (κ3) is 5.16. The Hall–Kier alpha value is -2.66. The highest BCUT2D eigenvalue weighted by atomic mass is 16.2. The maximum Gasteiger partial charge on any atom is 0.251 e. The van der Waals surface area contributed by atoms with Gasteiger partial charge in [0.05, 0.1) is 0 Å². The Balaban J connectivity index is 1.27. The average Bonchev–Trinajstić information content (AvgIpc) is 2.78. The number of piperidine rings is 2. The van der Waals surface area contributed by atoms with Crippen LogP contribution in [-0.2, 0) is 17.9 Å². The molecule has 2 aromatic carbocycles. The van der Waals surface area contributed by atoms with Gasteiger partial charge in [0.2, 0.25) is 5.91 Å². The van der Waals surface area contributed by atoms with Gasteiger partial charge < -0.3 is 10.6 Å². The van der Waals surface area contributed by atoms with Crippen LogP contribution in [0.3, 0.4) is 0 Å². The quantitative estimate of drug-likeness (QED) is 0.687. The Morgan fingerprint density at radius 1 is 1.03 bits per heavy atom. The molecule has 0 spiro atoms. The molecule has 2 N–H and O–H groups in total. The minimum absolute atomic E-state index is 0.0606. The lowest BCUT2D eigenvalue weighted by Crippen LogP contribution is -2.59. The predicted molar refractivity (Wildman–Crippen MR) is 122 cm³/mol. The van der Waals surface area contributed by atoms with Crippen LogP contribution in [0.2, 0.25) is 0 Å². The third-order valence-electron chi connectivity index (χ3n) is 6.80. The van der Waals surface area contributed by atoms with Crippen LogP contribution >= 0.6 is 0 Å². The summed E-state index contributed by atoms with van der Waals surface area (Å²) in [5.41, 5.74) is 2.94. The number of nitrogens with one attached hydrogen (secondary N) is 2. The number of carbonyl (C=O) groups is 2. The molecule has 2 heterocycles. The van der Waals surface area contributed by atoms with Gasteiger partial charge in [-0.1, -0.05) is 49.4 Å².